The van der Waals surface area contributed by atoms with Crippen molar-refractivity contribution < 1.29 is 4.79 Å². The third-order valence-electron chi connectivity index (χ3n) is 3.16. The van der Waals surface area contributed by atoms with Gasteiger partial charge in [-0.15, -0.1) is 16.4 Å². The summed E-state index contributed by atoms with van der Waals surface area (Å²) in [5.41, 5.74) is 3.17. The number of thiophene rings is 1. The summed E-state index contributed by atoms with van der Waals surface area (Å²) in [6.45, 7) is 4.04. The van der Waals surface area contributed by atoms with E-state index in [9.17, 15) is 4.79 Å². The number of tetrazole rings is 1. The molecule has 0 spiro atoms. The van der Waals surface area contributed by atoms with Crippen LogP contribution in [0.25, 0.3) is 5.69 Å². The Balaban J connectivity index is 1.81. The summed E-state index contributed by atoms with van der Waals surface area (Å²) in [5.74, 6) is 0.418. The summed E-state index contributed by atoms with van der Waals surface area (Å²) in [6.07, 6.45) is 0. The highest BCUT2D eigenvalue weighted by Crippen LogP contribution is 2.23. The Morgan fingerprint density at radius 3 is 2.95 bits per heavy atom. The van der Waals surface area contributed by atoms with Gasteiger partial charge in [-0.05, 0) is 52.9 Å². The zero-order chi connectivity index (χ0) is 15.5. The van der Waals surface area contributed by atoms with E-state index in [0.29, 0.717) is 10.9 Å². The van der Waals surface area contributed by atoms with Crippen LogP contribution in [0.15, 0.2) is 40.9 Å². The summed E-state index contributed by atoms with van der Waals surface area (Å²) in [5, 5.41) is 14.4. The number of rotatable bonds is 5. The number of carbonyl (C=O) groups is 1. The standard InChI is InChI=1S/C15H14N4OS2/c1-10-5-6-11(2)12(8-10)19-15(16-17-18-19)22-9-13(20)14-4-3-7-21-14/h3-8H,9H2,1-2H3. The SMILES string of the molecule is Cc1ccc(C)c(-n2nnnc2SCC(=O)c2cccs2)c1. The molecule has 0 saturated heterocycles. The molecule has 2 aromatic heterocycles. The first-order chi connectivity index (χ1) is 10.6. The molecule has 0 atom stereocenters. The topological polar surface area (TPSA) is 60.7 Å². The molecule has 7 heteroatoms. The highest BCUT2D eigenvalue weighted by atomic mass is 32.2. The van der Waals surface area contributed by atoms with Crippen molar-refractivity contribution in [2.24, 2.45) is 0 Å². The van der Waals surface area contributed by atoms with Gasteiger partial charge in [0.2, 0.25) is 5.16 Å². The van der Waals surface area contributed by atoms with E-state index in [1.54, 1.807) is 4.68 Å². The van der Waals surface area contributed by atoms with Crippen molar-refractivity contribution >= 4 is 28.9 Å². The number of carbonyl (C=O) groups excluding carboxylic acids is 1. The zero-order valence-electron chi connectivity index (χ0n) is 12.2. The van der Waals surface area contributed by atoms with Gasteiger partial charge in [-0.25, -0.2) is 0 Å². The lowest BCUT2D eigenvalue weighted by Crippen LogP contribution is -2.05. The van der Waals surface area contributed by atoms with E-state index >= 15 is 0 Å². The number of benzene rings is 1. The van der Waals surface area contributed by atoms with E-state index in [0.717, 1.165) is 21.7 Å². The molecule has 0 radical (unpaired) electrons. The smallest absolute Gasteiger partial charge is 0.214 e. The van der Waals surface area contributed by atoms with Gasteiger partial charge in [-0.2, -0.15) is 4.68 Å². The van der Waals surface area contributed by atoms with Gasteiger partial charge in [0.05, 0.1) is 16.3 Å². The lowest BCUT2D eigenvalue weighted by Gasteiger charge is -2.08. The van der Waals surface area contributed by atoms with Crippen molar-refractivity contribution in [2.75, 3.05) is 5.75 Å². The number of aromatic nitrogens is 4. The van der Waals surface area contributed by atoms with Gasteiger partial charge in [0, 0.05) is 0 Å². The fourth-order valence-corrected chi connectivity index (χ4v) is 3.53. The normalized spacial score (nSPS) is 10.8. The molecule has 0 amide bonds. The van der Waals surface area contributed by atoms with Gasteiger partial charge in [-0.3, -0.25) is 4.79 Å². The van der Waals surface area contributed by atoms with E-state index in [4.69, 9.17) is 0 Å². The predicted octanol–water partition coefficient (Wildman–Crippen LogP) is 3.32. The molecule has 0 saturated carbocycles. The second kappa shape index (κ2) is 6.41. The van der Waals surface area contributed by atoms with Crippen LogP contribution in [0.4, 0.5) is 0 Å². The minimum atomic E-state index is 0.0931. The largest absolute Gasteiger partial charge is 0.292 e. The second-order valence-corrected chi connectivity index (χ2v) is 6.74. The van der Waals surface area contributed by atoms with Crippen LogP contribution in [-0.4, -0.2) is 31.7 Å². The van der Waals surface area contributed by atoms with Crippen LogP contribution in [0.1, 0.15) is 20.8 Å². The first-order valence-electron chi connectivity index (χ1n) is 6.70. The monoisotopic (exact) mass is 330 g/mol. The Morgan fingerprint density at radius 1 is 1.32 bits per heavy atom. The number of ketones is 1. The van der Waals surface area contributed by atoms with Gasteiger partial charge in [-0.1, -0.05) is 30.0 Å². The quantitative estimate of drug-likeness (QED) is 0.530. The molecule has 112 valence electrons. The molecule has 0 unspecified atom stereocenters. The van der Waals surface area contributed by atoms with E-state index < -0.39 is 0 Å². The van der Waals surface area contributed by atoms with E-state index in [1.165, 1.54) is 23.1 Å². The van der Waals surface area contributed by atoms with Crippen LogP contribution < -0.4 is 0 Å². The van der Waals surface area contributed by atoms with Crippen molar-refractivity contribution in [3.05, 3.63) is 51.7 Å². The molecule has 3 rings (SSSR count). The minimum absolute atomic E-state index is 0.0931. The van der Waals surface area contributed by atoms with Crippen molar-refractivity contribution in [2.45, 2.75) is 19.0 Å². The third-order valence-corrected chi connectivity index (χ3v) is 4.99. The van der Waals surface area contributed by atoms with Crippen LogP contribution in [0, 0.1) is 13.8 Å². The van der Waals surface area contributed by atoms with Crippen LogP contribution >= 0.6 is 23.1 Å². The van der Waals surface area contributed by atoms with Crippen LogP contribution in [0.3, 0.4) is 0 Å². The number of Topliss-reactive ketones (excluding diaryl/α,β-unsaturated/α-hetero) is 1. The number of thioether (sulfide) groups is 1. The molecule has 0 fully saturated rings. The summed E-state index contributed by atoms with van der Waals surface area (Å²) in [6, 6.07) is 9.84. The second-order valence-electron chi connectivity index (χ2n) is 4.85. The molecule has 0 N–H and O–H groups in total. The molecule has 0 aliphatic carbocycles. The van der Waals surface area contributed by atoms with Crippen molar-refractivity contribution in [3.63, 3.8) is 0 Å². The number of nitrogens with zero attached hydrogens (tertiary/aromatic N) is 4. The Morgan fingerprint density at radius 2 is 2.18 bits per heavy atom. The van der Waals surface area contributed by atoms with Crippen LogP contribution in [-0.2, 0) is 0 Å². The maximum absolute atomic E-state index is 12.1. The maximum atomic E-state index is 12.1. The van der Waals surface area contributed by atoms with Crippen LogP contribution in [0.2, 0.25) is 0 Å². The molecule has 0 aliphatic rings. The molecule has 3 aromatic rings. The number of aryl methyl sites for hydroxylation is 2. The van der Waals surface area contributed by atoms with Gasteiger partial charge in [0.15, 0.2) is 5.78 Å². The average Bonchev–Trinajstić information content (AvgIpc) is 3.18. The lowest BCUT2D eigenvalue weighted by molar-refractivity contribution is 0.102. The average molecular weight is 330 g/mol. The highest BCUT2D eigenvalue weighted by molar-refractivity contribution is 7.99. The van der Waals surface area contributed by atoms with Gasteiger partial charge in [0.1, 0.15) is 0 Å². The van der Waals surface area contributed by atoms with Crippen LogP contribution in [0.5, 0.6) is 0 Å². The minimum Gasteiger partial charge on any atom is -0.292 e. The lowest BCUT2D eigenvalue weighted by atomic mass is 10.1. The van der Waals surface area contributed by atoms with Gasteiger partial charge < -0.3 is 0 Å². The first kappa shape index (κ1) is 14.9. The fourth-order valence-electron chi connectivity index (χ4n) is 2.01. The van der Waals surface area contributed by atoms with Crippen molar-refractivity contribution in [1.29, 1.82) is 0 Å². The Bertz CT molecular complexity index is 796. The predicted molar refractivity (Wildman–Crippen MR) is 88.0 cm³/mol. The maximum Gasteiger partial charge on any atom is 0.214 e. The molecule has 0 bridgehead atoms. The third kappa shape index (κ3) is 3.10. The molecular weight excluding hydrogens is 316 g/mol. The Labute approximate surface area is 136 Å². The summed E-state index contributed by atoms with van der Waals surface area (Å²) in [7, 11) is 0. The molecule has 0 aliphatic heterocycles. The number of hydrogen-bond donors (Lipinski definition) is 0. The van der Waals surface area contributed by atoms with Gasteiger partial charge >= 0.3 is 0 Å². The number of hydrogen-bond acceptors (Lipinski definition) is 6. The Kier molecular flexibility index (Phi) is 4.35. The summed E-state index contributed by atoms with van der Waals surface area (Å²) >= 11 is 2.81. The highest BCUT2D eigenvalue weighted by Gasteiger charge is 2.14. The summed E-state index contributed by atoms with van der Waals surface area (Å²) < 4.78 is 1.69. The fraction of sp³-hybridized carbons (Fsp3) is 0.200. The molecule has 22 heavy (non-hydrogen) atoms. The molecular formula is C15H14N4OS2. The molecule has 5 nitrogen and oxygen atoms in total. The van der Waals surface area contributed by atoms with E-state index in [1.807, 2.05) is 43.5 Å². The van der Waals surface area contributed by atoms with Crippen molar-refractivity contribution in [1.82, 2.24) is 20.2 Å². The molecule has 2 heterocycles. The Hall–Kier alpha value is -1.99. The summed E-state index contributed by atoms with van der Waals surface area (Å²) in [4.78, 5) is 12.8. The first-order valence-corrected chi connectivity index (χ1v) is 8.57. The van der Waals surface area contributed by atoms with E-state index in [2.05, 4.69) is 21.6 Å². The zero-order valence-corrected chi connectivity index (χ0v) is 13.8. The van der Waals surface area contributed by atoms with E-state index in [-0.39, 0.29) is 5.78 Å². The van der Waals surface area contributed by atoms with Crippen molar-refractivity contribution in [3.8, 4) is 5.69 Å². The van der Waals surface area contributed by atoms with Gasteiger partial charge in [0.25, 0.3) is 0 Å². The molecule has 1 aromatic carbocycles.